The number of likely N-dealkylation sites (tertiary alicyclic amines) is 1. The number of nitrogens with zero attached hydrogens (tertiary/aromatic N) is 1. The summed E-state index contributed by atoms with van der Waals surface area (Å²) in [7, 11) is 0. The Bertz CT molecular complexity index is 936. The number of nitrogen functional groups attached to an aromatic ring is 1. The zero-order valence-electron chi connectivity index (χ0n) is 16.3. The Morgan fingerprint density at radius 1 is 1.29 bits per heavy atom. The first-order valence-corrected chi connectivity index (χ1v) is 10.6. The highest BCUT2D eigenvalue weighted by Crippen LogP contribution is 2.45. The molecule has 28 heavy (non-hydrogen) atoms. The molecule has 148 valence electrons. The summed E-state index contributed by atoms with van der Waals surface area (Å²) in [6.07, 6.45) is 7.84. The van der Waals surface area contributed by atoms with Crippen LogP contribution in [-0.4, -0.2) is 35.0 Å². The van der Waals surface area contributed by atoms with E-state index in [4.69, 9.17) is 5.73 Å². The van der Waals surface area contributed by atoms with Crippen molar-refractivity contribution in [2.45, 2.75) is 45.6 Å². The molecule has 1 atom stereocenters. The minimum absolute atomic E-state index is 0.111. The third-order valence-corrected chi connectivity index (χ3v) is 6.92. The lowest BCUT2D eigenvalue weighted by molar-refractivity contribution is -0.129. The molecule has 1 aromatic rings. The van der Waals surface area contributed by atoms with Crippen LogP contribution in [-0.2, 0) is 11.2 Å². The van der Waals surface area contributed by atoms with E-state index in [1.165, 1.54) is 22.3 Å². The fourth-order valence-corrected chi connectivity index (χ4v) is 5.23. The van der Waals surface area contributed by atoms with Crippen molar-refractivity contribution in [2.75, 3.05) is 18.8 Å². The Kier molecular flexibility index (Phi) is 5.00. The van der Waals surface area contributed by atoms with E-state index in [9.17, 15) is 9.90 Å². The average molecular weight is 444 g/mol. The van der Waals surface area contributed by atoms with Crippen LogP contribution in [0.1, 0.15) is 44.2 Å². The third-order valence-electron chi connectivity index (χ3n) is 6.07. The van der Waals surface area contributed by atoms with Gasteiger partial charge in [-0.05, 0) is 82.4 Å². The van der Waals surface area contributed by atoms with Crippen molar-refractivity contribution in [3.8, 4) is 5.75 Å². The number of aromatic hydroxyl groups is 1. The number of hydrogen-bond donors (Lipinski definition) is 3. The molecule has 0 saturated carbocycles. The van der Waals surface area contributed by atoms with Crippen LogP contribution in [0.4, 0.5) is 5.69 Å². The van der Waals surface area contributed by atoms with E-state index in [0.29, 0.717) is 10.2 Å². The summed E-state index contributed by atoms with van der Waals surface area (Å²) in [5.74, 6) is 0.257. The molecule has 0 aromatic heterocycles. The minimum Gasteiger partial charge on any atom is -0.505 e. The normalized spacial score (nSPS) is 21.8. The summed E-state index contributed by atoms with van der Waals surface area (Å²) in [6, 6.07) is 2.03. The summed E-state index contributed by atoms with van der Waals surface area (Å²) in [6.45, 7) is 5.24. The number of halogens is 1. The van der Waals surface area contributed by atoms with Crippen LogP contribution >= 0.6 is 15.9 Å². The molecule has 1 saturated heterocycles. The number of phenols is 1. The highest BCUT2D eigenvalue weighted by Gasteiger charge is 2.32. The molecule has 1 fully saturated rings. The van der Waals surface area contributed by atoms with Gasteiger partial charge in [0, 0.05) is 26.2 Å². The quantitative estimate of drug-likeness (QED) is 0.419. The summed E-state index contributed by atoms with van der Waals surface area (Å²) in [5, 5.41) is 14.0. The number of phenolic OH excluding ortho intramolecular Hbond substituents is 1. The first-order valence-electron chi connectivity index (χ1n) is 9.77. The number of amides is 1. The summed E-state index contributed by atoms with van der Waals surface area (Å²) >= 11 is 3.58. The van der Waals surface area contributed by atoms with Crippen molar-refractivity contribution < 1.29 is 9.90 Å². The first kappa shape index (κ1) is 19.1. The van der Waals surface area contributed by atoms with Crippen LogP contribution in [0.3, 0.4) is 0 Å². The van der Waals surface area contributed by atoms with E-state index in [1.54, 1.807) is 6.92 Å². The topological polar surface area (TPSA) is 78.6 Å². The second-order valence-electron chi connectivity index (χ2n) is 7.89. The van der Waals surface area contributed by atoms with E-state index in [-0.39, 0.29) is 17.7 Å². The van der Waals surface area contributed by atoms with Gasteiger partial charge >= 0.3 is 0 Å². The molecule has 6 heteroatoms. The van der Waals surface area contributed by atoms with Gasteiger partial charge in [-0.1, -0.05) is 11.6 Å². The van der Waals surface area contributed by atoms with Gasteiger partial charge in [-0.3, -0.25) is 4.79 Å². The van der Waals surface area contributed by atoms with Crippen LogP contribution in [0, 0.1) is 0 Å². The van der Waals surface area contributed by atoms with Gasteiger partial charge in [-0.25, -0.2) is 0 Å². The maximum absolute atomic E-state index is 11.8. The van der Waals surface area contributed by atoms with Crippen molar-refractivity contribution in [1.82, 2.24) is 10.2 Å². The molecule has 1 amide bonds. The molecular weight excluding hydrogens is 418 g/mol. The van der Waals surface area contributed by atoms with Gasteiger partial charge in [0.25, 0.3) is 0 Å². The maximum atomic E-state index is 11.8. The van der Waals surface area contributed by atoms with Crippen molar-refractivity contribution in [1.29, 1.82) is 0 Å². The molecule has 1 unspecified atom stereocenters. The lowest BCUT2D eigenvalue weighted by Crippen LogP contribution is -2.36. The number of benzene rings is 1. The summed E-state index contributed by atoms with van der Waals surface area (Å²) in [5.41, 5.74) is 14.0. The molecule has 4 rings (SSSR count). The second-order valence-corrected chi connectivity index (χ2v) is 8.68. The SMILES string of the molecule is CC(=O)N1CCC(=C2c3cc(N)c(O)c(Br)c3CCC3=CC(C)=CNC32)CC1. The Labute approximate surface area is 174 Å². The van der Waals surface area contributed by atoms with Crippen molar-refractivity contribution in [2.24, 2.45) is 0 Å². The van der Waals surface area contributed by atoms with E-state index in [2.05, 4.69) is 40.4 Å². The fourth-order valence-electron chi connectivity index (χ4n) is 4.59. The molecule has 4 N–H and O–H groups in total. The predicted molar refractivity (Wildman–Crippen MR) is 116 cm³/mol. The van der Waals surface area contributed by atoms with Crippen molar-refractivity contribution in [3.63, 3.8) is 0 Å². The fraction of sp³-hybridized carbons (Fsp3) is 0.409. The molecule has 5 nitrogen and oxygen atoms in total. The average Bonchev–Trinajstić information content (AvgIpc) is 2.83. The van der Waals surface area contributed by atoms with Crippen LogP contribution in [0.25, 0.3) is 5.57 Å². The monoisotopic (exact) mass is 443 g/mol. The van der Waals surface area contributed by atoms with Gasteiger partial charge in [0.2, 0.25) is 5.91 Å². The molecule has 0 bridgehead atoms. The lowest BCUT2D eigenvalue weighted by atomic mass is 9.84. The molecule has 3 aliphatic rings. The molecule has 2 heterocycles. The van der Waals surface area contributed by atoms with E-state index >= 15 is 0 Å². The van der Waals surface area contributed by atoms with Crippen LogP contribution in [0.5, 0.6) is 5.75 Å². The molecule has 1 aliphatic carbocycles. The number of piperidine rings is 1. The molecule has 2 aliphatic heterocycles. The van der Waals surface area contributed by atoms with Crippen molar-refractivity contribution in [3.05, 3.63) is 50.7 Å². The Morgan fingerprint density at radius 3 is 2.68 bits per heavy atom. The second kappa shape index (κ2) is 7.32. The summed E-state index contributed by atoms with van der Waals surface area (Å²) in [4.78, 5) is 13.7. The Balaban J connectivity index is 1.87. The number of allylic oxidation sites excluding steroid dienone is 2. The summed E-state index contributed by atoms with van der Waals surface area (Å²) < 4.78 is 0.700. The van der Waals surface area contributed by atoms with Crippen molar-refractivity contribution >= 4 is 33.1 Å². The number of carbonyl (C=O) groups is 1. The number of hydrogen-bond acceptors (Lipinski definition) is 4. The molecular formula is C22H26BrN3O2. The number of anilines is 1. The van der Waals surface area contributed by atoms with E-state index < -0.39 is 0 Å². The number of rotatable bonds is 0. The Hall–Kier alpha value is -2.21. The standard InChI is InChI=1S/C22H26BrN3O2/c1-12-9-15-3-4-16-17(10-18(24)22(28)20(16)23)19(21(15)25-11-12)14-5-7-26(8-6-14)13(2)27/h9-11,21,25,28H,3-8,24H2,1-2H3. The number of fused-ring (bicyclic) bond motifs is 2. The smallest absolute Gasteiger partial charge is 0.219 e. The predicted octanol–water partition coefficient (Wildman–Crippen LogP) is 3.88. The molecule has 0 spiro atoms. The number of nitrogens with one attached hydrogen (secondary N) is 1. The van der Waals surface area contributed by atoms with Crippen LogP contribution in [0.2, 0.25) is 0 Å². The van der Waals surface area contributed by atoms with Gasteiger partial charge in [-0.2, -0.15) is 0 Å². The van der Waals surface area contributed by atoms with E-state index in [1.807, 2.05) is 11.0 Å². The third kappa shape index (κ3) is 3.24. The molecule has 0 radical (unpaired) electrons. The largest absolute Gasteiger partial charge is 0.505 e. The number of dihydropyridines is 1. The number of carbonyl (C=O) groups excluding carboxylic acids is 1. The minimum atomic E-state index is 0.111. The first-order chi connectivity index (χ1) is 13.4. The number of nitrogens with two attached hydrogens (primary N) is 1. The lowest BCUT2D eigenvalue weighted by Gasteiger charge is -2.33. The maximum Gasteiger partial charge on any atom is 0.219 e. The van der Waals surface area contributed by atoms with Gasteiger partial charge in [0.15, 0.2) is 5.75 Å². The van der Waals surface area contributed by atoms with Gasteiger partial charge in [0.1, 0.15) is 0 Å². The molecule has 1 aromatic carbocycles. The highest BCUT2D eigenvalue weighted by atomic mass is 79.9. The zero-order valence-corrected chi connectivity index (χ0v) is 17.9. The zero-order chi connectivity index (χ0) is 20.0. The van der Waals surface area contributed by atoms with Gasteiger partial charge in [0.05, 0.1) is 16.2 Å². The van der Waals surface area contributed by atoms with Crippen LogP contribution < -0.4 is 11.1 Å². The van der Waals surface area contributed by atoms with E-state index in [0.717, 1.165) is 49.9 Å². The van der Waals surface area contributed by atoms with Crippen LogP contribution in [0.15, 0.2) is 39.5 Å². The highest BCUT2D eigenvalue weighted by molar-refractivity contribution is 9.10. The van der Waals surface area contributed by atoms with Gasteiger partial charge < -0.3 is 21.1 Å². The Morgan fingerprint density at radius 2 is 2.00 bits per heavy atom. The van der Waals surface area contributed by atoms with Gasteiger partial charge in [-0.15, -0.1) is 0 Å².